The number of amidine groups is 1. The monoisotopic (exact) mass is 508 g/mol. The van der Waals surface area contributed by atoms with Gasteiger partial charge in [0.25, 0.3) is 0 Å². The number of benzene rings is 1. The number of aliphatic imine (C=N–C) groups is 1. The molecular formula is C21H22BrFN4O3S. The molecule has 0 unspecified atom stereocenters. The van der Waals surface area contributed by atoms with E-state index in [4.69, 9.17) is 14.5 Å². The van der Waals surface area contributed by atoms with Crippen molar-refractivity contribution in [2.75, 3.05) is 39.5 Å². The Bertz CT molecular complexity index is 1010. The van der Waals surface area contributed by atoms with Crippen molar-refractivity contribution in [1.29, 1.82) is 0 Å². The number of morpholine rings is 1. The second kappa shape index (κ2) is 9.99. The molecule has 10 heteroatoms. The van der Waals surface area contributed by atoms with Gasteiger partial charge in [0.05, 0.1) is 25.4 Å². The standard InChI is InChI=1S/C21H22BrFN4O3S/c1-2-30-21(28)17-16(12-27-6-8-29-9-7-27)25-19(20-24-5-10-31-20)26-18(17)14-4-3-13(23)11-15(14)22/h3-5,10-11,18H,2,6-9,12H2,1H3,(H,25,26)/t18-/m0/s1. The van der Waals surface area contributed by atoms with Crippen LogP contribution >= 0.6 is 27.3 Å². The van der Waals surface area contributed by atoms with E-state index in [0.29, 0.717) is 51.9 Å². The van der Waals surface area contributed by atoms with Crippen LogP contribution in [-0.4, -0.2) is 61.1 Å². The molecule has 0 radical (unpaired) electrons. The van der Waals surface area contributed by atoms with Crippen LogP contribution in [0, 0.1) is 5.82 Å². The minimum Gasteiger partial charge on any atom is -0.463 e. The number of nitrogens with one attached hydrogen (secondary N) is 1. The molecule has 3 heterocycles. The highest BCUT2D eigenvalue weighted by atomic mass is 79.9. The number of esters is 1. The van der Waals surface area contributed by atoms with E-state index in [-0.39, 0.29) is 12.4 Å². The van der Waals surface area contributed by atoms with E-state index in [9.17, 15) is 9.18 Å². The summed E-state index contributed by atoms with van der Waals surface area (Å²) in [5.41, 5.74) is 1.81. The molecular weight excluding hydrogens is 487 g/mol. The highest BCUT2D eigenvalue weighted by Crippen LogP contribution is 2.37. The lowest BCUT2D eigenvalue weighted by Gasteiger charge is -2.32. The summed E-state index contributed by atoms with van der Waals surface area (Å²) >= 11 is 4.89. The average molecular weight is 509 g/mol. The first-order chi connectivity index (χ1) is 15.1. The van der Waals surface area contributed by atoms with Crippen molar-refractivity contribution in [2.24, 2.45) is 4.99 Å². The number of ether oxygens (including phenoxy) is 2. The van der Waals surface area contributed by atoms with Gasteiger partial charge in [-0.15, -0.1) is 11.3 Å². The molecule has 164 valence electrons. The third-order valence-corrected chi connectivity index (χ3v) is 6.47. The predicted molar refractivity (Wildman–Crippen MR) is 120 cm³/mol. The second-order valence-corrected chi connectivity index (χ2v) is 8.76. The number of hydrogen-bond acceptors (Lipinski definition) is 8. The minimum absolute atomic E-state index is 0.244. The Labute approximate surface area is 192 Å². The van der Waals surface area contributed by atoms with Crippen LogP contribution in [0.5, 0.6) is 0 Å². The molecule has 0 amide bonds. The van der Waals surface area contributed by atoms with Gasteiger partial charge in [-0.3, -0.25) is 9.89 Å². The summed E-state index contributed by atoms with van der Waals surface area (Å²) in [5.74, 6) is -0.238. The third-order valence-electron chi connectivity index (χ3n) is 5.00. The molecule has 1 saturated heterocycles. The zero-order valence-electron chi connectivity index (χ0n) is 16.9. The maximum absolute atomic E-state index is 13.8. The van der Waals surface area contributed by atoms with Crippen LogP contribution in [0.15, 0.2) is 50.5 Å². The zero-order valence-corrected chi connectivity index (χ0v) is 19.3. The lowest BCUT2D eigenvalue weighted by Crippen LogP contribution is -2.43. The van der Waals surface area contributed by atoms with Gasteiger partial charge in [-0.05, 0) is 24.6 Å². The molecule has 2 aliphatic rings. The van der Waals surface area contributed by atoms with E-state index in [0.717, 1.165) is 13.1 Å². The second-order valence-electron chi connectivity index (χ2n) is 7.01. The van der Waals surface area contributed by atoms with Crippen molar-refractivity contribution < 1.29 is 18.7 Å². The summed E-state index contributed by atoms with van der Waals surface area (Å²) < 4.78 is 25.2. The van der Waals surface area contributed by atoms with Crippen molar-refractivity contribution in [3.05, 3.63) is 61.9 Å². The van der Waals surface area contributed by atoms with Gasteiger partial charge in [-0.25, -0.2) is 14.2 Å². The number of hydrogen-bond donors (Lipinski definition) is 1. The van der Waals surface area contributed by atoms with E-state index in [1.54, 1.807) is 19.2 Å². The number of carbonyl (C=O) groups excluding carboxylic acids is 1. The lowest BCUT2D eigenvalue weighted by atomic mass is 9.95. The van der Waals surface area contributed by atoms with Gasteiger partial charge in [-0.2, -0.15) is 0 Å². The lowest BCUT2D eigenvalue weighted by molar-refractivity contribution is -0.139. The summed E-state index contributed by atoms with van der Waals surface area (Å²) in [7, 11) is 0. The molecule has 0 aliphatic carbocycles. The highest BCUT2D eigenvalue weighted by Gasteiger charge is 2.34. The summed E-state index contributed by atoms with van der Waals surface area (Å²) in [5, 5.41) is 5.91. The van der Waals surface area contributed by atoms with Crippen LogP contribution in [-0.2, 0) is 14.3 Å². The fourth-order valence-electron chi connectivity index (χ4n) is 3.55. The molecule has 1 atom stereocenters. The van der Waals surface area contributed by atoms with Gasteiger partial charge in [0.15, 0.2) is 10.8 Å². The Morgan fingerprint density at radius 2 is 2.23 bits per heavy atom. The number of aromatic nitrogens is 1. The summed E-state index contributed by atoms with van der Waals surface area (Å²) in [6.07, 6.45) is 1.71. The minimum atomic E-state index is -0.662. The zero-order chi connectivity index (χ0) is 21.8. The molecule has 2 aliphatic heterocycles. The quantitative estimate of drug-likeness (QED) is 0.603. The average Bonchev–Trinajstić information content (AvgIpc) is 3.29. The Morgan fingerprint density at radius 3 is 2.90 bits per heavy atom. The van der Waals surface area contributed by atoms with Crippen molar-refractivity contribution in [3.63, 3.8) is 0 Å². The fourth-order valence-corrected chi connectivity index (χ4v) is 4.71. The van der Waals surface area contributed by atoms with Crippen molar-refractivity contribution in [1.82, 2.24) is 15.2 Å². The molecule has 1 aromatic heterocycles. The molecule has 0 bridgehead atoms. The summed E-state index contributed by atoms with van der Waals surface area (Å²) in [4.78, 5) is 24.5. The number of thiazole rings is 1. The molecule has 1 fully saturated rings. The van der Waals surface area contributed by atoms with Gasteiger partial charge in [-0.1, -0.05) is 22.0 Å². The Balaban J connectivity index is 1.81. The highest BCUT2D eigenvalue weighted by molar-refractivity contribution is 9.10. The van der Waals surface area contributed by atoms with Crippen molar-refractivity contribution >= 4 is 39.1 Å². The Hall–Kier alpha value is -2.14. The first-order valence-corrected chi connectivity index (χ1v) is 11.6. The molecule has 0 spiro atoms. The molecule has 0 saturated carbocycles. The van der Waals surface area contributed by atoms with Crippen LogP contribution in [0.3, 0.4) is 0 Å². The molecule has 31 heavy (non-hydrogen) atoms. The van der Waals surface area contributed by atoms with Gasteiger partial charge in [0.1, 0.15) is 11.9 Å². The van der Waals surface area contributed by atoms with Gasteiger partial charge < -0.3 is 14.8 Å². The Kier molecular flexibility index (Phi) is 7.11. The smallest absolute Gasteiger partial charge is 0.338 e. The topological polar surface area (TPSA) is 76.0 Å². The number of halogens is 2. The number of nitrogens with zero attached hydrogens (tertiary/aromatic N) is 3. The van der Waals surface area contributed by atoms with E-state index in [2.05, 4.69) is 31.1 Å². The molecule has 1 N–H and O–H groups in total. The first-order valence-electron chi connectivity index (χ1n) is 9.96. The summed E-state index contributed by atoms with van der Waals surface area (Å²) in [6, 6.07) is 3.72. The van der Waals surface area contributed by atoms with Crippen LogP contribution in [0.25, 0.3) is 0 Å². The molecule has 1 aromatic carbocycles. The van der Waals surface area contributed by atoms with E-state index in [1.165, 1.54) is 23.5 Å². The third kappa shape index (κ3) is 5.03. The van der Waals surface area contributed by atoms with E-state index in [1.807, 2.05) is 5.38 Å². The maximum atomic E-state index is 13.8. The molecule has 2 aromatic rings. The van der Waals surface area contributed by atoms with Crippen LogP contribution in [0.4, 0.5) is 4.39 Å². The van der Waals surface area contributed by atoms with Gasteiger partial charge in [0, 0.05) is 41.4 Å². The maximum Gasteiger partial charge on any atom is 0.338 e. The van der Waals surface area contributed by atoms with E-state index < -0.39 is 12.0 Å². The van der Waals surface area contributed by atoms with Gasteiger partial charge >= 0.3 is 5.97 Å². The van der Waals surface area contributed by atoms with Crippen molar-refractivity contribution in [2.45, 2.75) is 13.0 Å². The summed E-state index contributed by atoms with van der Waals surface area (Å²) in [6.45, 7) is 5.32. The van der Waals surface area contributed by atoms with Crippen LogP contribution in [0.2, 0.25) is 0 Å². The van der Waals surface area contributed by atoms with Crippen LogP contribution < -0.4 is 5.32 Å². The number of rotatable bonds is 6. The normalized spacial score (nSPS) is 19.7. The molecule has 4 rings (SSSR count). The number of carbonyl (C=O) groups is 1. The fraction of sp³-hybridized carbons (Fsp3) is 0.381. The largest absolute Gasteiger partial charge is 0.463 e. The Morgan fingerprint density at radius 1 is 1.42 bits per heavy atom. The SMILES string of the molecule is CCOC(=O)C1=C(CN2CCOCC2)NC(c2nccs2)=N[C@H]1c1ccc(F)cc1Br. The first kappa shape index (κ1) is 22.1. The van der Waals surface area contributed by atoms with E-state index >= 15 is 0 Å². The van der Waals surface area contributed by atoms with Crippen LogP contribution in [0.1, 0.15) is 23.5 Å². The predicted octanol–water partition coefficient (Wildman–Crippen LogP) is 3.29. The van der Waals surface area contributed by atoms with Crippen molar-refractivity contribution in [3.8, 4) is 0 Å². The molecule has 7 nitrogen and oxygen atoms in total. The van der Waals surface area contributed by atoms with Gasteiger partial charge in [0.2, 0.25) is 0 Å².